The molecule has 2 N–H and O–H groups in total. The summed E-state index contributed by atoms with van der Waals surface area (Å²) in [7, 11) is 1.83. The van der Waals surface area contributed by atoms with Gasteiger partial charge in [-0.25, -0.2) is 0 Å². The molecule has 2 rings (SSSR count). The first-order valence-electron chi connectivity index (χ1n) is 8.97. The summed E-state index contributed by atoms with van der Waals surface area (Å²) < 4.78 is 0. The molecule has 0 aromatic carbocycles. The van der Waals surface area contributed by atoms with Crippen LogP contribution < -0.4 is 10.6 Å². The number of hydrogen-bond acceptors (Lipinski definition) is 3. The molecule has 2 aromatic rings. The fraction of sp³-hybridized carbons (Fsp3) is 0.500. The summed E-state index contributed by atoms with van der Waals surface area (Å²) >= 11 is 1.83. The van der Waals surface area contributed by atoms with E-state index in [1.54, 1.807) is 0 Å². The van der Waals surface area contributed by atoms with E-state index in [-0.39, 0.29) is 24.0 Å². The SMILES string of the molecule is CN=C(NCC(C)Cc1cccs1)NCC(c1cccnc1)C(C)C.I. The van der Waals surface area contributed by atoms with Crippen LogP contribution in [0.15, 0.2) is 47.0 Å². The van der Waals surface area contributed by atoms with Crippen LogP contribution >= 0.6 is 35.3 Å². The number of thiophene rings is 1. The molecule has 0 aliphatic rings. The highest BCUT2D eigenvalue weighted by Crippen LogP contribution is 2.22. The normalized spacial score (nSPS) is 13.8. The van der Waals surface area contributed by atoms with Gasteiger partial charge < -0.3 is 10.6 Å². The lowest BCUT2D eigenvalue weighted by Gasteiger charge is -2.23. The maximum absolute atomic E-state index is 4.36. The number of aromatic nitrogens is 1. The van der Waals surface area contributed by atoms with Crippen molar-refractivity contribution in [3.63, 3.8) is 0 Å². The first-order valence-corrected chi connectivity index (χ1v) is 9.85. The van der Waals surface area contributed by atoms with Gasteiger partial charge in [-0.1, -0.05) is 32.9 Å². The van der Waals surface area contributed by atoms with E-state index >= 15 is 0 Å². The Kier molecular flexibility index (Phi) is 10.8. The number of rotatable bonds is 8. The van der Waals surface area contributed by atoms with Gasteiger partial charge >= 0.3 is 0 Å². The smallest absolute Gasteiger partial charge is 0.191 e. The Hall–Kier alpha value is -1.15. The van der Waals surface area contributed by atoms with Crippen molar-refractivity contribution in [2.75, 3.05) is 20.1 Å². The number of nitrogens with one attached hydrogen (secondary N) is 2. The lowest BCUT2D eigenvalue weighted by molar-refractivity contribution is 0.484. The van der Waals surface area contributed by atoms with E-state index in [9.17, 15) is 0 Å². The first kappa shape index (κ1) is 22.9. The monoisotopic (exact) mass is 486 g/mol. The van der Waals surface area contributed by atoms with Crippen molar-refractivity contribution in [1.29, 1.82) is 0 Å². The van der Waals surface area contributed by atoms with Crippen molar-refractivity contribution in [2.24, 2.45) is 16.8 Å². The third kappa shape index (κ3) is 7.61. The summed E-state index contributed by atoms with van der Waals surface area (Å²) in [4.78, 5) is 10.1. The van der Waals surface area contributed by atoms with Gasteiger partial charge in [-0.05, 0) is 41.3 Å². The predicted octanol–water partition coefficient (Wildman–Crippen LogP) is 4.54. The molecule has 0 aliphatic carbocycles. The Morgan fingerprint density at radius 2 is 1.92 bits per heavy atom. The van der Waals surface area contributed by atoms with E-state index in [4.69, 9.17) is 0 Å². The Labute approximate surface area is 179 Å². The zero-order valence-electron chi connectivity index (χ0n) is 16.1. The molecule has 0 saturated carbocycles. The molecule has 0 aliphatic heterocycles. The highest BCUT2D eigenvalue weighted by atomic mass is 127. The van der Waals surface area contributed by atoms with Crippen LogP contribution in [0.1, 0.15) is 37.1 Å². The molecule has 144 valence electrons. The number of hydrogen-bond donors (Lipinski definition) is 2. The summed E-state index contributed by atoms with van der Waals surface area (Å²) in [5.74, 6) is 2.38. The Bertz CT molecular complexity index is 629. The van der Waals surface area contributed by atoms with Crippen molar-refractivity contribution in [3.05, 3.63) is 52.5 Å². The van der Waals surface area contributed by atoms with Gasteiger partial charge in [-0.15, -0.1) is 35.3 Å². The molecule has 0 spiro atoms. The van der Waals surface area contributed by atoms with Crippen molar-refractivity contribution in [1.82, 2.24) is 15.6 Å². The average molecular weight is 486 g/mol. The molecule has 2 unspecified atom stereocenters. The van der Waals surface area contributed by atoms with Crippen molar-refractivity contribution < 1.29 is 0 Å². The third-order valence-electron chi connectivity index (χ3n) is 4.38. The number of nitrogens with zero attached hydrogens (tertiary/aromatic N) is 2. The number of halogens is 1. The highest BCUT2D eigenvalue weighted by Gasteiger charge is 2.16. The quantitative estimate of drug-likeness (QED) is 0.327. The maximum atomic E-state index is 4.36. The molecule has 6 heteroatoms. The van der Waals surface area contributed by atoms with Crippen molar-refractivity contribution in [2.45, 2.75) is 33.1 Å². The molecule has 0 bridgehead atoms. The van der Waals surface area contributed by atoms with Gasteiger partial charge in [-0.3, -0.25) is 9.98 Å². The van der Waals surface area contributed by atoms with Gasteiger partial charge in [0, 0.05) is 43.3 Å². The third-order valence-corrected chi connectivity index (χ3v) is 5.28. The van der Waals surface area contributed by atoms with Gasteiger partial charge in [0.2, 0.25) is 0 Å². The fourth-order valence-corrected chi connectivity index (χ4v) is 3.75. The predicted molar refractivity (Wildman–Crippen MR) is 124 cm³/mol. The summed E-state index contributed by atoms with van der Waals surface area (Å²) in [5.41, 5.74) is 1.27. The van der Waals surface area contributed by atoms with E-state index in [1.165, 1.54) is 10.4 Å². The molecule has 0 fully saturated rings. The molecule has 2 atom stereocenters. The second-order valence-corrected chi connectivity index (χ2v) is 7.89. The van der Waals surface area contributed by atoms with Crippen LogP contribution in [0.5, 0.6) is 0 Å². The van der Waals surface area contributed by atoms with Crippen LogP contribution in [-0.4, -0.2) is 31.1 Å². The lowest BCUT2D eigenvalue weighted by atomic mass is 9.89. The van der Waals surface area contributed by atoms with Crippen LogP contribution in [0.2, 0.25) is 0 Å². The van der Waals surface area contributed by atoms with Crippen LogP contribution in [-0.2, 0) is 6.42 Å². The Balaban J connectivity index is 0.00000338. The Morgan fingerprint density at radius 1 is 1.15 bits per heavy atom. The number of guanidine groups is 1. The lowest BCUT2D eigenvalue weighted by Crippen LogP contribution is -2.42. The van der Waals surface area contributed by atoms with Crippen molar-refractivity contribution in [3.8, 4) is 0 Å². The zero-order valence-corrected chi connectivity index (χ0v) is 19.3. The molecular formula is C20H31IN4S. The van der Waals surface area contributed by atoms with Crippen LogP contribution in [0.25, 0.3) is 0 Å². The molecule has 26 heavy (non-hydrogen) atoms. The molecular weight excluding hydrogens is 455 g/mol. The minimum Gasteiger partial charge on any atom is -0.356 e. The molecule has 0 saturated heterocycles. The van der Waals surface area contributed by atoms with E-state index in [1.807, 2.05) is 36.8 Å². The van der Waals surface area contributed by atoms with Crippen LogP contribution in [0.3, 0.4) is 0 Å². The molecule has 0 radical (unpaired) electrons. The summed E-state index contributed by atoms with van der Waals surface area (Å²) in [5, 5.41) is 9.07. The molecule has 0 amide bonds. The van der Waals surface area contributed by atoms with Gasteiger partial charge in [0.15, 0.2) is 5.96 Å². The van der Waals surface area contributed by atoms with E-state index in [0.717, 1.165) is 25.5 Å². The second-order valence-electron chi connectivity index (χ2n) is 6.86. The van der Waals surface area contributed by atoms with Gasteiger partial charge in [0.05, 0.1) is 0 Å². The van der Waals surface area contributed by atoms with Gasteiger partial charge in [0.25, 0.3) is 0 Å². The zero-order chi connectivity index (χ0) is 18.1. The summed E-state index contributed by atoms with van der Waals surface area (Å²) in [6, 6.07) is 8.48. The highest BCUT2D eigenvalue weighted by molar-refractivity contribution is 14.0. The summed E-state index contributed by atoms with van der Waals surface area (Å²) in [6.07, 6.45) is 4.89. The second kappa shape index (κ2) is 12.3. The largest absolute Gasteiger partial charge is 0.356 e. The number of aliphatic imine (C=N–C) groups is 1. The van der Waals surface area contributed by atoms with Crippen molar-refractivity contribution >= 4 is 41.3 Å². The molecule has 2 heterocycles. The number of pyridine rings is 1. The van der Waals surface area contributed by atoms with Crippen LogP contribution in [0, 0.1) is 11.8 Å². The van der Waals surface area contributed by atoms with Crippen LogP contribution in [0.4, 0.5) is 0 Å². The van der Waals surface area contributed by atoms with Gasteiger partial charge in [0.1, 0.15) is 0 Å². The van der Waals surface area contributed by atoms with E-state index in [2.05, 4.69) is 65.0 Å². The van der Waals surface area contributed by atoms with Gasteiger partial charge in [-0.2, -0.15) is 0 Å². The Morgan fingerprint density at radius 3 is 2.50 bits per heavy atom. The first-order chi connectivity index (χ1) is 12.1. The average Bonchev–Trinajstić information content (AvgIpc) is 3.11. The topological polar surface area (TPSA) is 49.3 Å². The standard InChI is InChI=1S/C20H30N4S.HI/c1-15(2)19(17-7-5-9-22-13-17)14-24-20(21-4)23-12-16(3)11-18-8-6-10-25-18;/h5-10,13,15-16,19H,11-12,14H2,1-4H3,(H2,21,23,24);1H. The fourth-order valence-electron chi connectivity index (χ4n) is 2.88. The maximum Gasteiger partial charge on any atom is 0.191 e. The molecule has 2 aromatic heterocycles. The molecule has 4 nitrogen and oxygen atoms in total. The van der Waals surface area contributed by atoms with E-state index in [0.29, 0.717) is 17.8 Å². The summed E-state index contributed by atoms with van der Waals surface area (Å²) in [6.45, 7) is 8.53. The minimum absolute atomic E-state index is 0. The minimum atomic E-state index is 0. The van der Waals surface area contributed by atoms with E-state index < -0.39 is 0 Å².